The van der Waals surface area contributed by atoms with Gasteiger partial charge in [0.2, 0.25) is 5.91 Å². The van der Waals surface area contributed by atoms with E-state index in [1.165, 1.54) is 4.90 Å². The first-order valence-corrected chi connectivity index (χ1v) is 6.00. The number of nitrogens with one attached hydrogen (secondary N) is 1. The molecule has 0 aromatic rings. The minimum atomic E-state index is -0.862. The van der Waals surface area contributed by atoms with Gasteiger partial charge in [-0.3, -0.25) is 9.59 Å². The van der Waals surface area contributed by atoms with Crippen LogP contribution in [0.2, 0.25) is 0 Å². The van der Waals surface area contributed by atoms with Crippen LogP contribution in [0.15, 0.2) is 0 Å². The molecule has 7 nitrogen and oxygen atoms in total. The Balaban J connectivity index is 1.79. The third-order valence-corrected chi connectivity index (χ3v) is 3.76. The Bertz CT molecular complexity index is 392. The normalized spacial score (nSPS) is 24.7. The quantitative estimate of drug-likeness (QED) is 0.620. The smallest absolute Gasteiger partial charge is 0.317 e. The van der Waals surface area contributed by atoms with Crippen molar-refractivity contribution in [1.29, 1.82) is 0 Å². The number of nitrogens with two attached hydrogens (primary N) is 1. The van der Waals surface area contributed by atoms with E-state index in [9.17, 15) is 14.4 Å². The Kier molecular flexibility index (Phi) is 3.14. The molecule has 2 fully saturated rings. The largest absolute Gasteiger partial charge is 0.481 e. The summed E-state index contributed by atoms with van der Waals surface area (Å²) < 4.78 is 0. The number of nitrogens with zero attached hydrogens (tertiary/aromatic N) is 1. The molecule has 1 atom stereocenters. The van der Waals surface area contributed by atoms with Crippen molar-refractivity contribution in [2.75, 3.05) is 19.6 Å². The zero-order valence-corrected chi connectivity index (χ0v) is 10.0. The first kappa shape index (κ1) is 12.7. The lowest BCUT2D eigenvalue weighted by atomic mass is 10.1. The third-order valence-electron chi connectivity index (χ3n) is 3.76. The van der Waals surface area contributed by atoms with Crippen LogP contribution in [0.4, 0.5) is 4.79 Å². The molecular formula is C11H17N3O4. The van der Waals surface area contributed by atoms with Crippen LogP contribution >= 0.6 is 0 Å². The maximum atomic E-state index is 11.8. The predicted octanol–water partition coefficient (Wildman–Crippen LogP) is -0.632. The number of urea groups is 1. The van der Waals surface area contributed by atoms with Crippen LogP contribution in [0.1, 0.15) is 19.3 Å². The lowest BCUT2D eigenvalue weighted by Gasteiger charge is -2.18. The standard InChI is InChI=1S/C11H17N3O4/c12-8(15)7-1-4-14(5-7)10(18)13-6-11(2-3-11)9(16)17/h7H,1-6H2,(H2,12,15)(H,13,18)(H,16,17). The molecule has 1 unspecified atom stereocenters. The highest BCUT2D eigenvalue weighted by molar-refractivity contribution is 5.82. The van der Waals surface area contributed by atoms with Gasteiger partial charge in [0.25, 0.3) is 0 Å². The monoisotopic (exact) mass is 255 g/mol. The number of carbonyl (C=O) groups is 3. The molecule has 1 heterocycles. The Hall–Kier alpha value is -1.79. The molecule has 0 spiro atoms. The minimum Gasteiger partial charge on any atom is -0.481 e. The lowest BCUT2D eigenvalue weighted by Crippen LogP contribution is -2.43. The Morgan fingerprint density at radius 2 is 2.06 bits per heavy atom. The van der Waals surface area contributed by atoms with Crippen molar-refractivity contribution in [1.82, 2.24) is 10.2 Å². The topological polar surface area (TPSA) is 113 Å². The second-order valence-corrected chi connectivity index (χ2v) is 5.08. The Morgan fingerprint density at radius 1 is 1.39 bits per heavy atom. The second kappa shape index (κ2) is 4.47. The van der Waals surface area contributed by atoms with Crippen molar-refractivity contribution in [3.05, 3.63) is 0 Å². The Morgan fingerprint density at radius 3 is 2.50 bits per heavy atom. The van der Waals surface area contributed by atoms with Crippen LogP contribution in [0.5, 0.6) is 0 Å². The van der Waals surface area contributed by atoms with Crippen LogP contribution < -0.4 is 11.1 Å². The molecule has 0 radical (unpaired) electrons. The van der Waals surface area contributed by atoms with Crippen molar-refractivity contribution in [3.63, 3.8) is 0 Å². The number of rotatable bonds is 4. The van der Waals surface area contributed by atoms with Gasteiger partial charge in [-0.2, -0.15) is 0 Å². The van der Waals surface area contributed by atoms with Crippen LogP contribution in [0, 0.1) is 11.3 Å². The van der Waals surface area contributed by atoms with Gasteiger partial charge >= 0.3 is 12.0 Å². The van der Waals surface area contributed by atoms with E-state index >= 15 is 0 Å². The minimum absolute atomic E-state index is 0.152. The van der Waals surface area contributed by atoms with E-state index < -0.39 is 17.3 Å². The Labute approximate surface area is 104 Å². The van der Waals surface area contributed by atoms with Gasteiger partial charge in [0.15, 0.2) is 0 Å². The molecule has 1 aliphatic heterocycles. The molecule has 18 heavy (non-hydrogen) atoms. The molecule has 2 rings (SSSR count). The molecule has 2 aliphatic rings. The van der Waals surface area contributed by atoms with Gasteiger partial charge in [-0.25, -0.2) is 4.79 Å². The molecule has 3 amide bonds. The van der Waals surface area contributed by atoms with E-state index in [0.29, 0.717) is 32.4 Å². The fraction of sp³-hybridized carbons (Fsp3) is 0.727. The van der Waals surface area contributed by atoms with E-state index in [1.807, 2.05) is 0 Å². The summed E-state index contributed by atoms with van der Waals surface area (Å²) in [6.07, 6.45) is 1.78. The van der Waals surface area contributed by atoms with Crippen LogP contribution in [-0.4, -0.2) is 47.5 Å². The number of primary amides is 1. The molecule has 4 N–H and O–H groups in total. The average molecular weight is 255 g/mol. The van der Waals surface area contributed by atoms with Gasteiger partial charge in [0, 0.05) is 19.6 Å². The predicted molar refractivity (Wildman–Crippen MR) is 61.6 cm³/mol. The van der Waals surface area contributed by atoms with Crippen molar-refractivity contribution < 1.29 is 19.5 Å². The van der Waals surface area contributed by atoms with Gasteiger partial charge in [-0.1, -0.05) is 0 Å². The van der Waals surface area contributed by atoms with Crippen LogP contribution in [0.25, 0.3) is 0 Å². The van der Waals surface area contributed by atoms with E-state index in [-0.39, 0.29) is 18.5 Å². The number of carboxylic acid groups (broad SMARTS) is 1. The highest BCUT2D eigenvalue weighted by Crippen LogP contribution is 2.45. The van der Waals surface area contributed by atoms with Gasteiger partial charge < -0.3 is 21.1 Å². The van der Waals surface area contributed by atoms with Gasteiger partial charge in [-0.15, -0.1) is 0 Å². The molecule has 0 aromatic heterocycles. The number of aliphatic carboxylic acids is 1. The van der Waals surface area contributed by atoms with Gasteiger partial charge in [0.05, 0.1) is 11.3 Å². The summed E-state index contributed by atoms with van der Waals surface area (Å²) in [5.74, 6) is -1.54. The van der Waals surface area contributed by atoms with E-state index in [4.69, 9.17) is 10.8 Å². The molecule has 1 saturated heterocycles. The molecule has 7 heteroatoms. The van der Waals surface area contributed by atoms with Crippen molar-refractivity contribution in [3.8, 4) is 0 Å². The molecule has 100 valence electrons. The SMILES string of the molecule is NC(=O)C1CCN(C(=O)NCC2(C(=O)O)CC2)C1. The molecule has 1 saturated carbocycles. The summed E-state index contributed by atoms with van der Waals surface area (Å²) >= 11 is 0. The first-order chi connectivity index (χ1) is 8.44. The number of carboxylic acids is 1. The number of hydrogen-bond acceptors (Lipinski definition) is 3. The third kappa shape index (κ3) is 2.39. The average Bonchev–Trinajstić information content (AvgIpc) is 2.94. The first-order valence-electron chi connectivity index (χ1n) is 6.00. The highest BCUT2D eigenvalue weighted by atomic mass is 16.4. The zero-order chi connectivity index (χ0) is 13.3. The maximum absolute atomic E-state index is 11.8. The summed E-state index contributed by atoms with van der Waals surface area (Å²) in [5, 5.41) is 11.6. The van der Waals surface area contributed by atoms with Crippen molar-refractivity contribution in [2.45, 2.75) is 19.3 Å². The van der Waals surface area contributed by atoms with Crippen LogP contribution in [-0.2, 0) is 9.59 Å². The molecule has 0 aromatic carbocycles. The van der Waals surface area contributed by atoms with E-state index in [0.717, 1.165) is 0 Å². The fourth-order valence-electron chi connectivity index (χ4n) is 2.15. The number of carbonyl (C=O) groups excluding carboxylic acids is 2. The van der Waals surface area contributed by atoms with E-state index in [1.54, 1.807) is 0 Å². The van der Waals surface area contributed by atoms with Crippen LogP contribution in [0.3, 0.4) is 0 Å². The summed E-state index contributed by atoms with van der Waals surface area (Å²) in [6.45, 7) is 0.958. The fourth-order valence-corrected chi connectivity index (χ4v) is 2.15. The second-order valence-electron chi connectivity index (χ2n) is 5.08. The summed E-state index contributed by atoms with van der Waals surface area (Å²) in [5.41, 5.74) is 4.41. The molecular weight excluding hydrogens is 238 g/mol. The lowest BCUT2D eigenvalue weighted by molar-refractivity contribution is -0.143. The summed E-state index contributed by atoms with van der Waals surface area (Å²) in [4.78, 5) is 35.2. The maximum Gasteiger partial charge on any atom is 0.317 e. The zero-order valence-electron chi connectivity index (χ0n) is 10.0. The van der Waals surface area contributed by atoms with Gasteiger partial charge in [-0.05, 0) is 19.3 Å². The molecule has 1 aliphatic carbocycles. The highest BCUT2D eigenvalue weighted by Gasteiger charge is 2.50. The van der Waals surface area contributed by atoms with Gasteiger partial charge in [0.1, 0.15) is 0 Å². The number of amides is 3. The summed E-state index contributed by atoms with van der Waals surface area (Å²) in [7, 11) is 0. The number of hydrogen-bond donors (Lipinski definition) is 3. The molecule has 0 bridgehead atoms. The van der Waals surface area contributed by atoms with E-state index in [2.05, 4.69) is 5.32 Å². The van der Waals surface area contributed by atoms with Crippen molar-refractivity contribution in [2.24, 2.45) is 17.1 Å². The summed E-state index contributed by atoms with van der Waals surface area (Å²) in [6, 6.07) is -0.314. The van der Waals surface area contributed by atoms with Crippen molar-refractivity contribution >= 4 is 17.9 Å². The number of likely N-dealkylation sites (tertiary alicyclic amines) is 1.